The Labute approximate surface area is 283 Å². The molecule has 1 aliphatic heterocycles. The topological polar surface area (TPSA) is 147 Å². The molecule has 1 fully saturated rings. The van der Waals surface area contributed by atoms with Crippen LogP contribution in [0.25, 0.3) is 11.3 Å². The molecule has 1 aliphatic rings. The number of likely N-dealkylation sites (N-methyl/N-ethyl adjacent to an activating group) is 1. The van der Waals surface area contributed by atoms with E-state index in [1.54, 1.807) is 42.7 Å². The lowest BCUT2D eigenvalue weighted by atomic mass is 10.1. The summed E-state index contributed by atoms with van der Waals surface area (Å²) in [5, 5.41) is 8.95. The van der Waals surface area contributed by atoms with Gasteiger partial charge in [0.2, 0.25) is 5.91 Å². The van der Waals surface area contributed by atoms with Crippen molar-refractivity contribution >= 4 is 41.5 Å². The number of hydrogen-bond donors (Lipinski definition) is 2. The monoisotopic (exact) mass is 686 g/mol. The first-order valence-electron chi connectivity index (χ1n) is 15.5. The summed E-state index contributed by atoms with van der Waals surface area (Å²) in [6, 6.07) is 13.8. The number of benzene rings is 2. The molecule has 13 nitrogen and oxygen atoms in total. The molecule has 5 amide bonds. The number of urea groups is 1. The lowest BCUT2D eigenvalue weighted by Gasteiger charge is -2.36. The Balaban J connectivity index is 1.35. The summed E-state index contributed by atoms with van der Waals surface area (Å²) in [7, 11) is 1.50. The number of carbonyl (C=O) groups excluding carboxylic acids is 4. The van der Waals surface area contributed by atoms with E-state index in [4.69, 9.17) is 25.6 Å². The van der Waals surface area contributed by atoms with Crippen LogP contribution in [0.15, 0.2) is 59.1 Å². The van der Waals surface area contributed by atoms with Gasteiger partial charge >= 0.3 is 18.2 Å². The zero-order valence-corrected chi connectivity index (χ0v) is 28.1. The Morgan fingerprint density at radius 3 is 2.42 bits per heavy atom. The largest absolute Gasteiger partial charge is 0.447 e. The number of nitrogens with one attached hydrogen (secondary N) is 2. The highest BCUT2D eigenvalue weighted by Gasteiger charge is 2.29. The van der Waals surface area contributed by atoms with Crippen LogP contribution in [-0.2, 0) is 20.8 Å². The van der Waals surface area contributed by atoms with Gasteiger partial charge in [-0.3, -0.25) is 10.1 Å². The number of rotatable bonds is 10. The fourth-order valence-electron chi connectivity index (χ4n) is 4.83. The molecule has 48 heavy (non-hydrogen) atoms. The van der Waals surface area contributed by atoms with Crippen LogP contribution in [0.1, 0.15) is 39.2 Å². The smallest absolute Gasteiger partial charge is 0.412 e. The van der Waals surface area contributed by atoms with Gasteiger partial charge in [-0.05, 0) is 38.8 Å². The van der Waals surface area contributed by atoms with Gasteiger partial charge in [-0.15, -0.1) is 0 Å². The van der Waals surface area contributed by atoms with Crippen molar-refractivity contribution in [1.29, 1.82) is 0 Å². The zero-order valence-electron chi connectivity index (χ0n) is 27.3. The second-order valence-electron chi connectivity index (χ2n) is 12.2. The molecule has 2 aromatic carbocycles. The number of piperazine rings is 1. The average Bonchev–Trinajstić information content (AvgIpc) is 3.53. The van der Waals surface area contributed by atoms with E-state index in [9.17, 15) is 23.6 Å². The van der Waals surface area contributed by atoms with Crippen molar-refractivity contribution in [3.63, 3.8) is 0 Å². The second-order valence-corrected chi connectivity index (χ2v) is 12.6. The first kappa shape index (κ1) is 36.0. The number of halogens is 2. The molecule has 15 heteroatoms. The van der Waals surface area contributed by atoms with Crippen molar-refractivity contribution in [3.05, 3.63) is 71.0 Å². The molecule has 2 heterocycles. The summed E-state index contributed by atoms with van der Waals surface area (Å²) in [4.78, 5) is 55.9. The van der Waals surface area contributed by atoms with E-state index in [1.165, 1.54) is 24.1 Å². The highest BCUT2D eigenvalue weighted by Crippen LogP contribution is 2.23. The maximum Gasteiger partial charge on any atom is 0.412 e. The van der Waals surface area contributed by atoms with E-state index in [2.05, 4.69) is 15.8 Å². The van der Waals surface area contributed by atoms with Crippen molar-refractivity contribution in [2.45, 2.75) is 51.8 Å². The first-order valence-corrected chi connectivity index (χ1v) is 15.8. The maximum absolute atomic E-state index is 13.9. The molecule has 1 aromatic heterocycles. The number of ether oxygens (including phenoxy) is 2. The van der Waals surface area contributed by atoms with Crippen molar-refractivity contribution in [1.82, 2.24) is 25.2 Å². The Kier molecular flexibility index (Phi) is 12.2. The molecule has 0 aliphatic carbocycles. The van der Waals surface area contributed by atoms with Gasteiger partial charge in [0.25, 0.3) is 0 Å². The van der Waals surface area contributed by atoms with Crippen LogP contribution in [0.3, 0.4) is 0 Å². The fraction of sp³-hybridized carbons (Fsp3) is 0.424. The number of amides is 5. The predicted octanol–water partition coefficient (Wildman–Crippen LogP) is 5.75. The molecule has 2 N–H and O–H groups in total. The van der Waals surface area contributed by atoms with Crippen molar-refractivity contribution in [3.8, 4) is 11.3 Å². The highest BCUT2D eigenvalue weighted by atomic mass is 35.5. The Morgan fingerprint density at radius 1 is 1.04 bits per heavy atom. The lowest BCUT2D eigenvalue weighted by molar-refractivity contribution is -0.133. The van der Waals surface area contributed by atoms with Gasteiger partial charge in [-0.1, -0.05) is 59.2 Å². The van der Waals surface area contributed by atoms with Gasteiger partial charge in [0.05, 0.1) is 11.1 Å². The molecule has 0 bridgehead atoms. The van der Waals surface area contributed by atoms with Gasteiger partial charge in [-0.25, -0.2) is 18.8 Å². The summed E-state index contributed by atoms with van der Waals surface area (Å²) in [5.74, 6) is -0.203. The number of anilines is 1. The van der Waals surface area contributed by atoms with E-state index in [0.717, 1.165) is 5.56 Å². The highest BCUT2D eigenvalue weighted by molar-refractivity contribution is 6.31. The summed E-state index contributed by atoms with van der Waals surface area (Å²) in [6.07, 6.45) is -1.07. The van der Waals surface area contributed by atoms with Crippen LogP contribution >= 0.6 is 11.6 Å². The molecule has 0 saturated carbocycles. The van der Waals surface area contributed by atoms with Gasteiger partial charge in [0.1, 0.15) is 18.0 Å². The van der Waals surface area contributed by atoms with Crippen LogP contribution in [0.5, 0.6) is 0 Å². The Hall–Kier alpha value is -4.85. The number of hydrogen-bond acceptors (Lipinski definition) is 8. The third-order valence-electron chi connectivity index (χ3n) is 7.51. The summed E-state index contributed by atoms with van der Waals surface area (Å²) in [6.45, 7) is 6.38. The maximum atomic E-state index is 13.9. The van der Waals surface area contributed by atoms with E-state index >= 15 is 0 Å². The van der Waals surface area contributed by atoms with Gasteiger partial charge in [0.15, 0.2) is 11.6 Å². The number of aromatic nitrogens is 1. The average molecular weight is 687 g/mol. The summed E-state index contributed by atoms with van der Waals surface area (Å²) >= 11 is 6.03. The minimum atomic E-state index is -0.835. The summed E-state index contributed by atoms with van der Waals surface area (Å²) in [5.41, 5.74) is 0.531. The fourth-order valence-corrected chi connectivity index (χ4v) is 5.03. The van der Waals surface area contributed by atoms with Crippen molar-refractivity contribution < 1.29 is 37.6 Å². The van der Waals surface area contributed by atoms with Crippen LogP contribution in [0.2, 0.25) is 5.02 Å². The lowest BCUT2D eigenvalue weighted by Crippen LogP contribution is -2.52. The minimum Gasteiger partial charge on any atom is -0.447 e. The van der Waals surface area contributed by atoms with Crippen molar-refractivity contribution in [2.75, 3.05) is 45.2 Å². The molecule has 3 aromatic rings. The zero-order chi connectivity index (χ0) is 34.8. The quantitative estimate of drug-likeness (QED) is 0.274. The SMILES string of the molecule is CN(C(=O)NCc1cccc(F)c1Cl)[C@@H](CCC(=O)N1CCN(C(=O)OC(C)(C)C)CC1)COC(=O)Nc1cc(-c2ccccc2)on1. The van der Waals surface area contributed by atoms with Gasteiger partial charge in [0, 0.05) is 57.8 Å². The van der Waals surface area contributed by atoms with E-state index in [1.807, 2.05) is 30.3 Å². The molecule has 0 spiro atoms. The summed E-state index contributed by atoms with van der Waals surface area (Å²) < 4.78 is 30.1. The van der Waals surface area contributed by atoms with Gasteiger partial charge < -0.3 is 34.0 Å². The molecular weight excluding hydrogens is 647 g/mol. The Morgan fingerprint density at radius 2 is 1.73 bits per heavy atom. The number of carbonyl (C=O) groups is 4. The Bertz CT molecular complexity index is 1570. The van der Waals surface area contributed by atoms with Crippen LogP contribution in [0.4, 0.5) is 24.6 Å². The van der Waals surface area contributed by atoms with E-state index in [-0.39, 0.29) is 42.7 Å². The second kappa shape index (κ2) is 16.3. The minimum absolute atomic E-state index is 0.0408. The third-order valence-corrected chi connectivity index (χ3v) is 7.93. The van der Waals surface area contributed by atoms with E-state index < -0.39 is 35.7 Å². The molecule has 1 saturated heterocycles. The van der Waals surface area contributed by atoms with Crippen molar-refractivity contribution in [2.24, 2.45) is 0 Å². The predicted molar refractivity (Wildman–Crippen MR) is 176 cm³/mol. The third kappa shape index (κ3) is 10.3. The molecule has 0 unspecified atom stereocenters. The molecule has 258 valence electrons. The molecule has 0 radical (unpaired) electrons. The number of nitrogens with zero attached hydrogens (tertiary/aromatic N) is 4. The molecular formula is C33H40ClFN6O7. The normalized spacial score (nSPS) is 13.8. The van der Waals surface area contributed by atoms with Gasteiger partial charge in [-0.2, -0.15) is 0 Å². The molecule has 4 rings (SSSR count). The van der Waals surface area contributed by atoms with E-state index in [0.29, 0.717) is 37.5 Å². The standard InChI is InChI=1S/C33H40ClFN6O7/c1-33(2,3)47-32(45)41-17-15-40(16-18-41)28(42)14-13-24(39(4)30(43)36-20-23-11-8-12-25(35)29(23)34)21-46-31(44)37-27-19-26(48-38-27)22-9-6-5-7-10-22/h5-12,19,24H,13-18,20-21H2,1-4H3,(H,36,43)(H,37,38,44)/t24-/m0/s1. The van der Waals surface area contributed by atoms with Crippen LogP contribution < -0.4 is 10.6 Å². The molecule has 1 atom stereocenters. The van der Waals surface area contributed by atoms with Crippen LogP contribution in [-0.4, -0.2) is 95.5 Å². The first-order chi connectivity index (χ1) is 22.8. The van der Waals surface area contributed by atoms with Crippen LogP contribution in [0, 0.1) is 5.82 Å².